The van der Waals surface area contributed by atoms with Crippen molar-refractivity contribution in [1.82, 2.24) is 9.88 Å². The zero-order chi connectivity index (χ0) is 20.7. The molecule has 0 aliphatic carbocycles. The molecule has 150 valence electrons. The Hall–Kier alpha value is -3.57. The zero-order valence-corrected chi connectivity index (χ0v) is 16.6. The second-order valence-electron chi connectivity index (χ2n) is 7.58. The Kier molecular flexibility index (Phi) is 4.52. The van der Waals surface area contributed by atoms with Gasteiger partial charge in [0.2, 0.25) is 5.91 Å². The van der Waals surface area contributed by atoms with Crippen LogP contribution >= 0.6 is 0 Å². The van der Waals surface area contributed by atoms with E-state index in [0.717, 1.165) is 27.6 Å². The van der Waals surface area contributed by atoms with Crippen LogP contribution in [0.25, 0.3) is 10.9 Å². The van der Waals surface area contributed by atoms with Gasteiger partial charge in [0.15, 0.2) is 0 Å². The third-order valence-electron chi connectivity index (χ3n) is 5.70. The van der Waals surface area contributed by atoms with E-state index in [-0.39, 0.29) is 12.5 Å². The molecule has 5 heteroatoms. The molecule has 0 fully saturated rings. The summed E-state index contributed by atoms with van der Waals surface area (Å²) in [5.74, 6) is 0.736. The largest absolute Gasteiger partial charge is 0.457 e. The van der Waals surface area contributed by atoms with E-state index < -0.39 is 12.0 Å². The molecule has 1 aliphatic rings. The molecular formula is C25H22N2O3. The van der Waals surface area contributed by atoms with E-state index in [4.69, 9.17) is 4.74 Å². The summed E-state index contributed by atoms with van der Waals surface area (Å²) in [6.07, 6.45) is 1.12. The van der Waals surface area contributed by atoms with Crippen molar-refractivity contribution < 1.29 is 14.6 Å². The lowest BCUT2D eigenvalue weighted by Crippen LogP contribution is -2.34. The summed E-state index contributed by atoms with van der Waals surface area (Å²) in [7, 11) is 1.95. The standard InChI is InChI=1S/C25H22N2O3/c1-27-15-19(16-8-2-5-11-20(16)27)21(28)14-26-25(29)24-17-9-3-6-12-22(17)30-23-13-7-4-10-18(23)24/h2-13,15,21,24,28H,14H2,1H3,(H,26,29)/t21-/m0/s1. The van der Waals surface area contributed by atoms with Crippen LogP contribution in [0.4, 0.5) is 0 Å². The van der Waals surface area contributed by atoms with Crippen molar-refractivity contribution in [2.45, 2.75) is 12.0 Å². The Labute approximate surface area is 174 Å². The van der Waals surface area contributed by atoms with Crippen LogP contribution in [0.5, 0.6) is 11.5 Å². The van der Waals surface area contributed by atoms with Crippen molar-refractivity contribution in [2.24, 2.45) is 7.05 Å². The third-order valence-corrected chi connectivity index (χ3v) is 5.70. The number of hydrogen-bond acceptors (Lipinski definition) is 3. The molecule has 30 heavy (non-hydrogen) atoms. The highest BCUT2D eigenvalue weighted by Crippen LogP contribution is 2.43. The molecule has 0 spiro atoms. The second-order valence-corrected chi connectivity index (χ2v) is 7.58. The smallest absolute Gasteiger partial charge is 0.232 e. The second kappa shape index (κ2) is 7.35. The van der Waals surface area contributed by atoms with Crippen LogP contribution in [0, 0.1) is 0 Å². The highest BCUT2D eigenvalue weighted by atomic mass is 16.5. The molecule has 0 saturated heterocycles. The lowest BCUT2D eigenvalue weighted by Gasteiger charge is -2.27. The minimum atomic E-state index is -0.801. The summed E-state index contributed by atoms with van der Waals surface area (Å²) in [4.78, 5) is 13.2. The SMILES string of the molecule is Cn1cc([C@@H](O)CNC(=O)C2c3ccccc3Oc3ccccc32)c2ccccc21. The third kappa shape index (κ3) is 3.04. The van der Waals surface area contributed by atoms with Gasteiger partial charge in [-0.25, -0.2) is 0 Å². The molecule has 1 amide bonds. The first kappa shape index (κ1) is 18.5. The number of nitrogens with zero attached hydrogens (tertiary/aromatic N) is 1. The predicted molar refractivity (Wildman–Crippen MR) is 116 cm³/mol. The van der Waals surface area contributed by atoms with Crippen molar-refractivity contribution in [3.8, 4) is 11.5 Å². The molecule has 3 aromatic carbocycles. The number of carbonyl (C=O) groups excluding carboxylic acids is 1. The Bertz CT molecular complexity index is 1200. The van der Waals surface area contributed by atoms with Crippen molar-refractivity contribution in [3.63, 3.8) is 0 Å². The Balaban J connectivity index is 1.41. The molecule has 1 aliphatic heterocycles. The summed E-state index contributed by atoms with van der Waals surface area (Å²) in [5.41, 5.74) is 3.51. The molecule has 0 bridgehead atoms. The van der Waals surface area contributed by atoms with E-state index in [1.54, 1.807) is 0 Å². The van der Waals surface area contributed by atoms with Gasteiger partial charge in [-0.3, -0.25) is 4.79 Å². The molecule has 4 aromatic rings. The molecule has 0 radical (unpaired) electrons. The Morgan fingerprint density at radius 3 is 2.30 bits per heavy atom. The van der Waals surface area contributed by atoms with E-state index in [1.807, 2.05) is 90.6 Å². The van der Waals surface area contributed by atoms with Gasteiger partial charge in [0, 0.05) is 47.4 Å². The number of para-hydroxylation sites is 3. The van der Waals surface area contributed by atoms with Gasteiger partial charge in [-0.05, 0) is 18.2 Å². The molecule has 0 unspecified atom stereocenters. The first-order valence-electron chi connectivity index (χ1n) is 9.99. The number of fused-ring (bicyclic) bond motifs is 3. The number of aliphatic hydroxyl groups is 1. The van der Waals surface area contributed by atoms with Gasteiger partial charge >= 0.3 is 0 Å². The number of rotatable bonds is 4. The minimum absolute atomic E-state index is 0.133. The number of nitrogens with one attached hydrogen (secondary N) is 1. The van der Waals surface area contributed by atoms with Crippen LogP contribution in [-0.4, -0.2) is 22.1 Å². The molecule has 1 atom stereocenters. The van der Waals surface area contributed by atoms with E-state index in [0.29, 0.717) is 11.5 Å². The Morgan fingerprint density at radius 2 is 1.60 bits per heavy atom. The van der Waals surface area contributed by atoms with Gasteiger partial charge in [0.05, 0.1) is 12.0 Å². The summed E-state index contributed by atoms with van der Waals surface area (Å²) >= 11 is 0. The lowest BCUT2D eigenvalue weighted by atomic mass is 9.87. The highest BCUT2D eigenvalue weighted by molar-refractivity contribution is 5.90. The monoisotopic (exact) mass is 398 g/mol. The normalized spacial score (nSPS) is 13.9. The van der Waals surface area contributed by atoms with Gasteiger partial charge in [-0.15, -0.1) is 0 Å². The maximum atomic E-state index is 13.2. The van der Waals surface area contributed by atoms with Gasteiger partial charge in [0.1, 0.15) is 11.5 Å². The molecule has 0 saturated carbocycles. The summed E-state index contributed by atoms with van der Waals surface area (Å²) in [6, 6.07) is 23.1. The van der Waals surface area contributed by atoms with Gasteiger partial charge in [-0.1, -0.05) is 54.6 Å². The maximum Gasteiger partial charge on any atom is 0.232 e. The number of carbonyl (C=O) groups is 1. The fraction of sp³-hybridized carbons (Fsp3) is 0.160. The van der Waals surface area contributed by atoms with Crippen molar-refractivity contribution in [2.75, 3.05) is 6.54 Å². The maximum absolute atomic E-state index is 13.2. The summed E-state index contributed by atoms with van der Waals surface area (Å²) in [6.45, 7) is 0.133. The lowest BCUT2D eigenvalue weighted by molar-refractivity contribution is -0.122. The number of aliphatic hydroxyl groups excluding tert-OH is 1. The number of hydrogen-bond donors (Lipinski definition) is 2. The summed E-state index contributed by atoms with van der Waals surface area (Å²) in [5, 5.41) is 14.8. The number of aryl methyl sites for hydroxylation is 1. The fourth-order valence-electron chi connectivity index (χ4n) is 4.24. The average Bonchev–Trinajstić information content (AvgIpc) is 3.12. The van der Waals surface area contributed by atoms with Crippen LogP contribution in [0.2, 0.25) is 0 Å². The number of aromatic nitrogens is 1. The number of ether oxygens (including phenoxy) is 1. The summed E-state index contributed by atoms with van der Waals surface area (Å²) < 4.78 is 7.96. The van der Waals surface area contributed by atoms with Crippen LogP contribution in [-0.2, 0) is 11.8 Å². The van der Waals surface area contributed by atoms with Gasteiger partial charge in [-0.2, -0.15) is 0 Å². The van der Waals surface area contributed by atoms with Crippen LogP contribution in [0.1, 0.15) is 28.7 Å². The van der Waals surface area contributed by atoms with Crippen molar-refractivity contribution in [3.05, 3.63) is 95.7 Å². The van der Waals surface area contributed by atoms with E-state index >= 15 is 0 Å². The van der Waals surface area contributed by atoms with Crippen LogP contribution in [0.3, 0.4) is 0 Å². The van der Waals surface area contributed by atoms with Crippen LogP contribution in [0.15, 0.2) is 79.0 Å². The minimum Gasteiger partial charge on any atom is -0.457 e. The quantitative estimate of drug-likeness (QED) is 0.540. The molecule has 2 N–H and O–H groups in total. The zero-order valence-electron chi connectivity index (χ0n) is 16.6. The first-order chi connectivity index (χ1) is 14.6. The highest BCUT2D eigenvalue weighted by Gasteiger charge is 2.32. The molecule has 5 rings (SSSR count). The number of amides is 1. The Morgan fingerprint density at radius 1 is 1.00 bits per heavy atom. The molecule has 2 heterocycles. The predicted octanol–water partition coefficient (Wildman–Crippen LogP) is 4.27. The van der Waals surface area contributed by atoms with Crippen molar-refractivity contribution in [1.29, 1.82) is 0 Å². The topological polar surface area (TPSA) is 63.5 Å². The van der Waals surface area contributed by atoms with Gasteiger partial charge < -0.3 is 19.7 Å². The van der Waals surface area contributed by atoms with Gasteiger partial charge in [0.25, 0.3) is 0 Å². The molecular weight excluding hydrogens is 376 g/mol. The van der Waals surface area contributed by atoms with E-state index in [9.17, 15) is 9.90 Å². The van der Waals surface area contributed by atoms with Crippen molar-refractivity contribution >= 4 is 16.8 Å². The molecule has 5 nitrogen and oxygen atoms in total. The fourth-order valence-corrected chi connectivity index (χ4v) is 4.24. The number of benzene rings is 3. The van der Waals surface area contributed by atoms with E-state index in [2.05, 4.69) is 5.32 Å². The van der Waals surface area contributed by atoms with E-state index in [1.165, 1.54) is 0 Å². The molecule has 1 aromatic heterocycles. The average molecular weight is 398 g/mol. The first-order valence-corrected chi connectivity index (χ1v) is 9.99. The van der Waals surface area contributed by atoms with Crippen LogP contribution < -0.4 is 10.1 Å².